The number of nitrogens with zero attached hydrogens (tertiary/aromatic N) is 1. The van der Waals surface area contributed by atoms with Crippen molar-refractivity contribution in [3.8, 4) is 11.5 Å². The van der Waals surface area contributed by atoms with Gasteiger partial charge >= 0.3 is 0 Å². The number of rotatable bonds is 4. The molecule has 0 radical (unpaired) electrons. The molecule has 0 saturated heterocycles. The summed E-state index contributed by atoms with van der Waals surface area (Å²) in [5, 5.41) is 4.36. The Morgan fingerprint density at radius 2 is 2.00 bits per heavy atom. The summed E-state index contributed by atoms with van der Waals surface area (Å²) in [6, 6.07) is 8.45. The summed E-state index contributed by atoms with van der Waals surface area (Å²) in [6.07, 6.45) is -0.453. The molecule has 24 heavy (non-hydrogen) atoms. The number of nitrogens with one attached hydrogen (secondary N) is 2. The van der Waals surface area contributed by atoms with E-state index in [9.17, 15) is 14.4 Å². The molecule has 3 rings (SSSR count). The SMILES string of the molecule is CN(C[C@@H]1COc2ccccc2O1)C(=O)Cc1cc(=O)[nH][nH]c1=O. The van der Waals surface area contributed by atoms with Crippen LogP contribution in [0.4, 0.5) is 0 Å². The number of carbonyl (C=O) groups excluding carboxylic acids is 1. The monoisotopic (exact) mass is 331 g/mol. The van der Waals surface area contributed by atoms with Gasteiger partial charge in [0.05, 0.1) is 13.0 Å². The van der Waals surface area contributed by atoms with Crippen molar-refractivity contribution in [2.45, 2.75) is 12.5 Å². The van der Waals surface area contributed by atoms with Crippen LogP contribution in [0.5, 0.6) is 11.5 Å². The van der Waals surface area contributed by atoms with Gasteiger partial charge in [0.15, 0.2) is 17.6 Å². The maximum absolute atomic E-state index is 12.3. The summed E-state index contributed by atoms with van der Waals surface area (Å²) in [6.45, 7) is 0.647. The lowest BCUT2D eigenvalue weighted by atomic mass is 10.2. The van der Waals surface area contributed by atoms with E-state index in [1.165, 1.54) is 4.90 Å². The zero-order valence-corrected chi connectivity index (χ0v) is 13.1. The molecular weight excluding hydrogens is 314 g/mol. The normalized spacial score (nSPS) is 15.8. The molecule has 0 aliphatic carbocycles. The van der Waals surface area contributed by atoms with Crippen LogP contribution in [-0.4, -0.2) is 47.3 Å². The topological polar surface area (TPSA) is 104 Å². The van der Waals surface area contributed by atoms with E-state index >= 15 is 0 Å². The lowest BCUT2D eigenvalue weighted by Gasteiger charge is -2.29. The maximum Gasteiger partial charge on any atom is 0.266 e. The fourth-order valence-electron chi connectivity index (χ4n) is 2.45. The smallest absolute Gasteiger partial charge is 0.266 e. The number of likely N-dealkylation sites (N-methyl/N-ethyl adjacent to an activating group) is 1. The summed E-state index contributed by atoms with van der Waals surface area (Å²) in [4.78, 5) is 36.6. The predicted molar refractivity (Wildman–Crippen MR) is 85.4 cm³/mol. The van der Waals surface area contributed by atoms with Crippen molar-refractivity contribution in [2.24, 2.45) is 0 Å². The number of ether oxygens (including phenoxy) is 2. The lowest BCUT2D eigenvalue weighted by Crippen LogP contribution is -2.42. The number of H-pyrrole nitrogens is 2. The van der Waals surface area contributed by atoms with E-state index in [1.54, 1.807) is 13.1 Å². The summed E-state index contributed by atoms with van der Waals surface area (Å²) in [7, 11) is 1.62. The summed E-state index contributed by atoms with van der Waals surface area (Å²) < 4.78 is 11.4. The number of hydrogen-bond donors (Lipinski definition) is 2. The molecule has 0 fully saturated rings. The van der Waals surface area contributed by atoms with Crippen molar-refractivity contribution < 1.29 is 14.3 Å². The van der Waals surface area contributed by atoms with Gasteiger partial charge in [0.25, 0.3) is 11.1 Å². The Morgan fingerprint density at radius 3 is 2.79 bits per heavy atom. The molecule has 0 spiro atoms. The molecule has 126 valence electrons. The van der Waals surface area contributed by atoms with Gasteiger partial charge in [-0.3, -0.25) is 24.6 Å². The second kappa shape index (κ2) is 6.61. The van der Waals surface area contributed by atoms with Gasteiger partial charge in [-0.15, -0.1) is 0 Å². The minimum absolute atomic E-state index is 0.127. The highest BCUT2D eigenvalue weighted by atomic mass is 16.6. The Hall–Kier alpha value is -3.03. The Bertz CT molecular complexity index is 857. The standard InChI is InChI=1S/C16H17N3O5/c1-19(15(21)7-10-6-14(20)17-18-16(10)22)8-11-9-23-12-4-2-3-5-13(12)24-11/h2-6,11H,7-9H2,1H3,(H,17,20)(H,18,22)/t11-/m1/s1. The van der Waals surface area contributed by atoms with Crippen LogP contribution in [0.25, 0.3) is 0 Å². The third-order valence-corrected chi connectivity index (χ3v) is 3.71. The largest absolute Gasteiger partial charge is 0.486 e. The van der Waals surface area contributed by atoms with Crippen LogP contribution >= 0.6 is 0 Å². The molecule has 1 amide bonds. The first-order chi connectivity index (χ1) is 11.5. The highest BCUT2D eigenvalue weighted by molar-refractivity contribution is 5.78. The molecule has 2 aromatic rings. The van der Waals surface area contributed by atoms with Gasteiger partial charge in [0.2, 0.25) is 5.91 Å². The van der Waals surface area contributed by atoms with Crippen molar-refractivity contribution in [3.63, 3.8) is 0 Å². The van der Waals surface area contributed by atoms with Crippen molar-refractivity contribution in [1.82, 2.24) is 15.1 Å². The van der Waals surface area contributed by atoms with Crippen molar-refractivity contribution in [3.05, 3.63) is 56.6 Å². The molecule has 1 aliphatic rings. The van der Waals surface area contributed by atoms with Gasteiger partial charge in [-0.25, -0.2) is 0 Å². The minimum Gasteiger partial charge on any atom is -0.486 e. The third kappa shape index (κ3) is 3.48. The minimum atomic E-state index is -0.484. The van der Waals surface area contributed by atoms with Gasteiger partial charge < -0.3 is 14.4 Å². The van der Waals surface area contributed by atoms with Crippen molar-refractivity contribution in [2.75, 3.05) is 20.2 Å². The molecule has 1 atom stereocenters. The van der Waals surface area contributed by atoms with Crippen LogP contribution in [0.15, 0.2) is 39.9 Å². The Labute approximate surface area is 137 Å². The summed E-state index contributed by atoms with van der Waals surface area (Å²) >= 11 is 0. The number of aromatic amines is 2. The quantitative estimate of drug-likeness (QED) is 0.814. The molecule has 1 aliphatic heterocycles. The maximum atomic E-state index is 12.3. The average molecular weight is 331 g/mol. The predicted octanol–water partition coefficient (Wildman–Crippen LogP) is -0.0959. The lowest BCUT2D eigenvalue weighted by molar-refractivity contribution is -0.130. The summed E-state index contributed by atoms with van der Waals surface area (Å²) in [5.74, 6) is 1.03. The molecule has 1 aromatic heterocycles. The van der Waals surface area contributed by atoms with Gasteiger partial charge in [-0.05, 0) is 12.1 Å². The van der Waals surface area contributed by atoms with Gasteiger partial charge in [-0.2, -0.15) is 0 Å². The van der Waals surface area contributed by atoms with E-state index < -0.39 is 11.1 Å². The van der Waals surface area contributed by atoms with E-state index in [2.05, 4.69) is 10.2 Å². The average Bonchev–Trinajstić information content (AvgIpc) is 2.58. The fourth-order valence-corrected chi connectivity index (χ4v) is 2.45. The van der Waals surface area contributed by atoms with E-state index in [-0.39, 0.29) is 24.0 Å². The second-order valence-electron chi connectivity index (χ2n) is 5.56. The van der Waals surface area contributed by atoms with Crippen molar-refractivity contribution >= 4 is 5.91 Å². The Morgan fingerprint density at radius 1 is 1.25 bits per heavy atom. The van der Waals surface area contributed by atoms with Crippen molar-refractivity contribution in [1.29, 1.82) is 0 Å². The second-order valence-corrected chi connectivity index (χ2v) is 5.56. The van der Waals surface area contributed by atoms with Crippen LogP contribution in [0.1, 0.15) is 5.56 Å². The first-order valence-electron chi connectivity index (χ1n) is 7.46. The van der Waals surface area contributed by atoms with Crippen LogP contribution in [0.2, 0.25) is 0 Å². The van der Waals surface area contributed by atoms with E-state index in [4.69, 9.17) is 9.47 Å². The van der Waals surface area contributed by atoms with Crippen LogP contribution in [-0.2, 0) is 11.2 Å². The zero-order chi connectivity index (χ0) is 17.1. The highest BCUT2D eigenvalue weighted by Gasteiger charge is 2.24. The van der Waals surface area contributed by atoms with Gasteiger partial charge in [-0.1, -0.05) is 12.1 Å². The molecule has 2 N–H and O–H groups in total. The molecule has 1 aromatic carbocycles. The van der Waals surface area contributed by atoms with Gasteiger partial charge in [0.1, 0.15) is 6.61 Å². The molecule has 0 saturated carbocycles. The fraction of sp³-hybridized carbons (Fsp3) is 0.312. The number of aromatic nitrogens is 2. The number of carbonyl (C=O) groups is 1. The molecule has 2 heterocycles. The molecule has 8 nitrogen and oxygen atoms in total. The number of amides is 1. The number of fused-ring (bicyclic) bond motifs is 1. The first-order valence-corrected chi connectivity index (χ1v) is 7.46. The number of para-hydroxylation sites is 2. The third-order valence-electron chi connectivity index (χ3n) is 3.71. The van der Waals surface area contributed by atoms with Crippen LogP contribution in [0, 0.1) is 0 Å². The molecule has 0 unspecified atom stereocenters. The first kappa shape index (κ1) is 15.9. The van der Waals surface area contributed by atoms with E-state index in [1.807, 2.05) is 18.2 Å². The zero-order valence-electron chi connectivity index (χ0n) is 13.1. The Balaban J connectivity index is 1.62. The molecule has 0 bridgehead atoms. The van der Waals surface area contributed by atoms with Crippen LogP contribution < -0.4 is 20.6 Å². The highest BCUT2D eigenvalue weighted by Crippen LogP contribution is 2.30. The number of hydrogen-bond acceptors (Lipinski definition) is 5. The number of benzene rings is 1. The van der Waals surface area contributed by atoms with E-state index in [0.29, 0.717) is 24.7 Å². The Kier molecular flexibility index (Phi) is 4.37. The molecule has 8 heteroatoms. The molecular formula is C16H17N3O5. The summed E-state index contributed by atoms with van der Waals surface area (Å²) in [5.41, 5.74) is -0.815. The van der Waals surface area contributed by atoms with E-state index in [0.717, 1.165) is 6.07 Å². The van der Waals surface area contributed by atoms with Crippen LogP contribution in [0.3, 0.4) is 0 Å². The van der Waals surface area contributed by atoms with Gasteiger partial charge in [0, 0.05) is 18.7 Å².